The van der Waals surface area contributed by atoms with Crippen LogP contribution in [0.3, 0.4) is 0 Å². The number of benzene rings is 2. The maximum absolute atomic E-state index is 5.77. The molecule has 2 N–H and O–H groups in total. The summed E-state index contributed by atoms with van der Waals surface area (Å²) in [5, 5.41) is 0. The Labute approximate surface area is 141 Å². The predicted molar refractivity (Wildman–Crippen MR) is 96.1 cm³/mol. The number of nitrogens with zero attached hydrogens (tertiary/aromatic N) is 1. The summed E-state index contributed by atoms with van der Waals surface area (Å²) in [6, 6.07) is 19.9. The van der Waals surface area contributed by atoms with Gasteiger partial charge in [-0.3, -0.25) is 4.98 Å². The van der Waals surface area contributed by atoms with Crippen molar-refractivity contribution >= 4 is 0 Å². The van der Waals surface area contributed by atoms with Crippen LogP contribution < -0.4 is 15.2 Å². The van der Waals surface area contributed by atoms with Gasteiger partial charge in [-0.25, -0.2) is 0 Å². The first-order valence-corrected chi connectivity index (χ1v) is 7.74. The molecule has 2 aromatic carbocycles. The Bertz CT molecular complexity index is 812. The fourth-order valence-electron chi connectivity index (χ4n) is 2.59. The molecule has 0 aliphatic heterocycles. The molecule has 1 heterocycles. The fraction of sp³-hybridized carbons (Fsp3) is 0.150. The summed E-state index contributed by atoms with van der Waals surface area (Å²) in [5.41, 5.74) is 10.7. The molecule has 122 valence electrons. The molecule has 0 bridgehead atoms. The molecule has 0 amide bonds. The summed E-state index contributed by atoms with van der Waals surface area (Å²) in [7, 11) is 3.32. The van der Waals surface area contributed by atoms with Crippen molar-refractivity contribution in [3.63, 3.8) is 0 Å². The van der Waals surface area contributed by atoms with Gasteiger partial charge >= 0.3 is 0 Å². The van der Waals surface area contributed by atoms with Crippen LogP contribution in [0.25, 0.3) is 22.4 Å². The highest BCUT2D eigenvalue weighted by molar-refractivity contribution is 5.81. The molecule has 3 rings (SSSR count). The topological polar surface area (TPSA) is 57.4 Å². The van der Waals surface area contributed by atoms with Crippen LogP contribution in [0.1, 0.15) is 5.69 Å². The third-order valence-electron chi connectivity index (χ3n) is 3.93. The first-order valence-electron chi connectivity index (χ1n) is 7.74. The van der Waals surface area contributed by atoms with Gasteiger partial charge in [-0.2, -0.15) is 0 Å². The largest absolute Gasteiger partial charge is 0.497 e. The van der Waals surface area contributed by atoms with E-state index in [4.69, 9.17) is 20.2 Å². The molecular weight excluding hydrogens is 300 g/mol. The van der Waals surface area contributed by atoms with E-state index in [0.29, 0.717) is 6.54 Å². The number of hydrogen-bond donors (Lipinski definition) is 1. The quantitative estimate of drug-likeness (QED) is 0.775. The standard InChI is InChI=1S/C20H20N2O2/c1-23-17-8-3-14(4-9-17)19-12-7-16(13-21)22-20(19)15-5-10-18(24-2)11-6-15/h3-12H,13,21H2,1-2H3. The molecule has 0 unspecified atom stereocenters. The number of rotatable bonds is 5. The lowest BCUT2D eigenvalue weighted by atomic mass is 9.98. The van der Waals surface area contributed by atoms with Crippen molar-refractivity contribution in [1.82, 2.24) is 4.98 Å². The second-order valence-electron chi connectivity index (χ2n) is 5.36. The van der Waals surface area contributed by atoms with Crippen molar-refractivity contribution < 1.29 is 9.47 Å². The minimum Gasteiger partial charge on any atom is -0.497 e. The Hall–Kier alpha value is -2.85. The Morgan fingerprint density at radius 2 is 1.29 bits per heavy atom. The summed E-state index contributed by atoms with van der Waals surface area (Å²) in [6.45, 7) is 0.409. The molecule has 0 spiro atoms. The van der Waals surface area contributed by atoms with E-state index in [2.05, 4.69) is 6.07 Å². The van der Waals surface area contributed by atoms with E-state index in [0.717, 1.165) is 39.6 Å². The molecular formula is C20H20N2O2. The van der Waals surface area contributed by atoms with Crippen LogP contribution in [-0.2, 0) is 6.54 Å². The van der Waals surface area contributed by atoms with Crippen LogP contribution in [0.5, 0.6) is 11.5 Å². The SMILES string of the molecule is COc1ccc(-c2ccc(CN)nc2-c2ccc(OC)cc2)cc1. The van der Waals surface area contributed by atoms with Gasteiger partial charge in [0, 0.05) is 17.7 Å². The van der Waals surface area contributed by atoms with Crippen LogP contribution >= 0.6 is 0 Å². The highest BCUT2D eigenvalue weighted by Crippen LogP contribution is 2.32. The zero-order chi connectivity index (χ0) is 16.9. The summed E-state index contributed by atoms with van der Waals surface area (Å²) in [5.74, 6) is 1.65. The molecule has 0 saturated carbocycles. The van der Waals surface area contributed by atoms with Gasteiger partial charge in [0.2, 0.25) is 0 Å². The molecule has 0 radical (unpaired) electrons. The smallest absolute Gasteiger partial charge is 0.118 e. The molecule has 1 aromatic heterocycles. The molecule has 4 nitrogen and oxygen atoms in total. The van der Waals surface area contributed by atoms with E-state index in [9.17, 15) is 0 Å². The summed E-state index contributed by atoms with van der Waals surface area (Å²) < 4.78 is 10.5. The lowest BCUT2D eigenvalue weighted by Gasteiger charge is -2.12. The van der Waals surface area contributed by atoms with E-state index in [1.807, 2.05) is 54.6 Å². The normalized spacial score (nSPS) is 10.5. The third-order valence-corrected chi connectivity index (χ3v) is 3.93. The second-order valence-corrected chi connectivity index (χ2v) is 5.36. The van der Waals surface area contributed by atoms with Gasteiger partial charge in [0.1, 0.15) is 11.5 Å². The average Bonchev–Trinajstić information content (AvgIpc) is 2.67. The van der Waals surface area contributed by atoms with Crippen LogP contribution in [0.4, 0.5) is 0 Å². The number of methoxy groups -OCH3 is 2. The van der Waals surface area contributed by atoms with Crippen molar-refractivity contribution in [3.8, 4) is 33.9 Å². The van der Waals surface area contributed by atoms with Gasteiger partial charge < -0.3 is 15.2 Å². The van der Waals surface area contributed by atoms with Crippen LogP contribution in [0.15, 0.2) is 60.7 Å². The van der Waals surface area contributed by atoms with Gasteiger partial charge in [-0.15, -0.1) is 0 Å². The van der Waals surface area contributed by atoms with Crippen molar-refractivity contribution in [2.75, 3.05) is 14.2 Å². The van der Waals surface area contributed by atoms with Gasteiger partial charge in [-0.05, 0) is 48.0 Å². The summed E-state index contributed by atoms with van der Waals surface area (Å²) >= 11 is 0. The zero-order valence-electron chi connectivity index (χ0n) is 13.8. The minimum atomic E-state index is 0.409. The van der Waals surface area contributed by atoms with Crippen LogP contribution in [-0.4, -0.2) is 19.2 Å². The average molecular weight is 320 g/mol. The fourth-order valence-corrected chi connectivity index (χ4v) is 2.59. The van der Waals surface area contributed by atoms with Gasteiger partial charge in [0.05, 0.1) is 25.6 Å². The summed E-state index contributed by atoms with van der Waals surface area (Å²) in [6.07, 6.45) is 0. The van der Waals surface area contributed by atoms with Crippen molar-refractivity contribution in [2.45, 2.75) is 6.54 Å². The molecule has 0 atom stereocenters. The van der Waals surface area contributed by atoms with Gasteiger partial charge in [0.25, 0.3) is 0 Å². The number of ether oxygens (including phenoxy) is 2. The number of nitrogens with two attached hydrogens (primary N) is 1. The second kappa shape index (κ2) is 7.15. The molecule has 0 saturated heterocycles. The van der Waals surface area contributed by atoms with Crippen molar-refractivity contribution in [1.29, 1.82) is 0 Å². The molecule has 24 heavy (non-hydrogen) atoms. The molecule has 0 fully saturated rings. The lowest BCUT2D eigenvalue weighted by molar-refractivity contribution is 0.414. The Morgan fingerprint density at radius 3 is 1.79 bits per heavy atom. The maximum Gasteiger partial charge on any atom is 0.118 e. The minimum absolute atomic E-state index is 0.409. The van der Waals surface area contributed by atoms with E-state index in [-0.39, 0.29) is 0 Å². The molecule has 4 heteroatoms. The molecule has 3 aromatic rings. The van der Waals surface area contributed by atoms with E-state index in [1.165, 1.54) is 0 Å². The Kier molecular flexibility index (Phi) is 4.77. The van der Waals surface area contributed by atoms with E-state index in [1.54, 1.807) is 14.2 Å². The number of pyridine rings is 1. The Morgan fingerprint density at radius 1 is 0.750 bits per heavy atom. The van der Waals surface area contributed by atoms with Crippen molar-refractivity contribution in [3.05, 3.63) is 66.4 Å². The third kappa shape index (κ3) is 3.24. The van der Waals surface area contributed by atoms with Gasteiger partial charge in [-0.1, -0.05) is 18.2 Å². The van der Waals surface area contributed by atoms with E-state index < -0.39 is 0 Å². The van der Waals surface area contributed by atoms with Crippen molar-refractivity contribution in [2.24, 2.45) is 5.73 Å². The monoisotopic (exact) mass is 320 g/mol. The van der Waals surface area contributed by atoms with Crippen LogP contribution in [0, 0.1) is 0 Å². The van der Waals surface area contributed by atoms with Crippen LogP contribution in [0.2, 0.25) is 0 Å². The first-order chi connectivity index (χ1) is 11.7. The Balaban J connectivity index is 2.10. The molecule has 0 aliphatic carbocycles. The maximum atomic E-state index is 5.77. The summed E-state index contributed by atoms with van der Waals surface area (Å²) in [4.78, 5) is 4.74. The highest BCUT2D eigenvalue weighted by atomic mass is 16.5. The zero-order valence-corrected chi connectivity index (χ0v) is 13.8. The van der Waals surface area contributed by atoms with Gasteiger partial charge in [0.15, 0.2) is 0 Å². The molecule has 0 aliphatic rings. The number of aromatic nitrogens is 1. The predicted octanol–water partition coefficient (Wildman–Crippen LogP) is 3.89. The lowest BCUT2D eigenvalue weighted by Crippen LogP contribution is -2.01. The highest BCUT2D eigenvalue weighted by Gasteiger charge is 2.11. The van der Waals surface area contributed by atoms with E-state index >= 15 is 0 Å². The first kappa shape index (κ1) is 16.0. The number of hydrogen-bond acceptors (Lipinski definition) is 4.